The minimum Gasteiger partial charge on any atom is -0.391 e. The number of hydrogen-bond donors (Lipinski definition) is 2. The van der Waals surface area contributed by atoms with E-state index in [9.17, 15) is 14.7 Å². The average molecular weight is 304 g/mol. The second kappa shape index (κ2) is 7.40. The van der Waals surface area contributed by atoms with Crippen LogP contribution in [0.4, 0.5) is 5.69 Å². The van der Waals surface area contributed by atoms with Crippen molar-refractivity contribution in [3.63, 3.8) is 0 Å². The van der Waals surface area contributed by atoms with Gasteiger partial charge >= 0.3 is 0 Å². The van der Waals surface area contributed by atoms with E-state index in [1.54, 1.807) is 4.90 Å². The van der Waals surface area contributed by atoms with Gasteiger partial charge in [0.05, 0.1) is 12.5 Å². The molecular weight excluding hydrogens is 280 g/mol. The van der Waals surface area contributed by atoms with Crippen LogP contribution < -0.4 is 10.2 Å². The normalized spacial score (nSPS) is 16.2. The van der Waals surface area contributed by atoms with Crippen molar-refractivity contribution in [3.8, 4) is 0 Å². The lowest BCUT2D eigenvalue weighted by Gasteiger charge is -2.16. The third kappa shape index (κ3) is 4.31. The Morgan fingerprint density at radius 2 is 2.00 bits per heavy atom. The smallest absolute Gasteiger partial charge is 0.227 e. The third-order valence-corrected chi connectivity index (χ3v) is 3.96. The van der Waals surface area contributed by atoms with E-state index >= 15 is 0 Å². The Kier molecular flexibility index (Phi) is 5.55. The molecule has 0 aromatic heterocycles. The number of nitrogens with one attached hydrogen (secondary N) is 1. The first kappa shape index (κ1) is 16.5. The van der Waals surface area contributed by atoms with Gasteiger partial charge < -0.3 is 15.3 Å². The molecule has 0 bridgehead atoms. The Hall–Kier alpha value is -1.88. The molecule has 2 N–H and O–H groups in total. The molecule has 1 aromatic rings. The van der Waals surface area contributed by atoms with Gasteiger partial charge in [-0.25, -0.2) is 0 Å². The topological polar surface area (TPSA) is 69.6 Å². The zero-order chi connectivity index (χ0) is 16.1. The molecule has 5 nitrogen and oxygen atoms in total. The molecule has 0 radical (unpaired) electrons. The highest BCUT2D eigenvalue weighted by Gasteiger charge is 2.21. The number of aliphatic hydroxyl groups excluding tert-OH is 1. The summed E-state index contributed by atoms with van der Waals surface area (Å²) >= 11 is 0. The van der Waals surface area contributed by atoms with Crippen LogP contribution >= 0.6 is 0 Å². The molecule has 1 saturated heterocycles. The summed E-state index contributed by atoms with van der Waals surface area (Å²) in [6, 6.07) is 7.52. The number of anilines is 1. The minimum absolute atomic E-state index is 0.107. The molecule has 1 aromatic carbocycles. The molecule has 0 aliphatic carbocycles. The third-order valence-electron chi connectivity index (χ3n) is 3.96. The Morgan fingerprint density at radius 1 is 1.32 bits per heavy atom. The van der Waals surface area contributed by atoms with Crippen molar-refractivity contribution in [1.82, 2.24) is 5.32 Å². The van der Waals surface area contributed by atoms with Crippen molar-refractivity contribution in [2.45, 2.75) is 39.2 Å². The van der Waals surface area contributed by atoms with Crippen LogP contribution in [0.2, 0.25) is 0 Å². The van der Waals surface area contributed by atoms with Crippen molar-refractivity contribution in [2.75, 3.05) is 18.0 Å². The van der Waals surface area contributed by atoms with E-state index in [0.717, 1.165) is 24.2 Å². The number of carbonyl (C=O) groups excluding carboxylic acids is 2. The van der Waals surface area contributed by atoms with Gasteiger partial charge in [-0.15, -0.1) is 0 Å². The molecule has 1 unspecified atom stereocenters. The molecule has 2 rings (SSSR count). The van der Waals surface area contributed by atoms with E-state index in [4.69, 9.17) is 0 Å². The highest BCUT2D eigenvalue weighted by molar-refractivity contribution is 5.95. The Morgan fingerprint density at radius 3 is 2.55 bits per heavy atom. The second-order valence-electron chi connectivity index (χ2n) is 6.11. The van der Waals surface area contributed by atoms with Crippen LogP contribution in [0.5, 0.6) is 0 Å². The SMILES string of the molecule is CC(C)C(O)CNC(=O)Cc1ccc(N2CCCC2=O)cc1. The first-order valence-corrected chi connectivity index (χ1v) is 7.81. The molecule has 1 fully saturated rings. The Labute approximate surface area is 131 Å². The summed E-state index contributed by atoms with van der Waals surface area (Å²) in [6.45, 7) is 4.87. The van der Waals surface area contributed by atoms with Gasteiger partial charge in [-0.1, -0.05) is 26.0 Å². The number of benzene rings is 1. The summed E-state index contributed by atoms with van der Waals surface area (Å²) < 4.78 is 0. The van der Waals surface area contributed by atoms with Crippen LogP contribution in [0.1, 0.15) is 32.3 Å². The van der Waals surface area contributed by atoms with Crippen molar-refractivity contribution in [3.05, 3.63) is 29.8 Å². The summed E-state index contributed by atoms with van der Waals surface area (Å²) in [5.41, 5.74) is 1.79. The number of rotatable bonds is 6. The fourth-order valence-corrected chi connectivity index (χ4v) is 2.42. The van der Waals surface area contributed by atoms with E-state index in [0.29, 0.717) is 6.42 Å². The fraction of sp³-hybridized carbons (Fsp3) is 0.529. The van der Waals surface area contributed by atoms with Crippen LogP contribution in [0.3, 0.4) is 0 Å². The van der Waals surface area contributed by atoms with Gasteiger partial charge in [-0.3, -0.25) is 9.59 Å². The van der Waals surface area contributed by atoms with E-state index in [-0.39, 0.29) is 30.7 Å². The van der Waals surface area contributed by atoms with Crippen molar-refractivity contribution in [2.24, 2.45) is 5.92 Å². The lowest BCUT2D eigenvalue weighted by molar-refractivity contribution is -0.121. The number of amides is 2. The van der Waals surface area contributed by atoms with Crippen LogP contribution in [0.25, 0.3) is 0 Å². The quantitative estimate of drug-likeness (QED) is 0.836. The van der Waals surface area contributed by atoms with Crippen LogP contribution in [-0.2, 0) is 16.0 Å². The molecule has 0 saturated carbocycles. The molecule has 1 heterocycles. The highest BCUT2D eigenvalue weighted by Crippen LogP contribution is 2.21. The van der Waals surface area contributed by atoms with Gasteiger partial charge in [0.2, 0.25) is 11.8 Å². The maximum absolute atomic E-state index is 11.8. The van der Waals surface area contributed by atoms with Gasteiger partial charge in [0.15, 0.2) is 0 Å². The molecule has 120 valence electrons. The summed E-state index contributed by atoms with van der Waals surface area (Å²) in [6.07, 6.45) is 1.27. The predicted molar refractivity (Wildman–Crippen MR) is 85.6 cm³/mol. The second-order valence-corrected chi connectivity index (χ2v) is 6.11. The van der Waals surface area contributed by atoms with E-state index in [1.807, 2.05) is 38.1 Å². The first-order chi connectivity index (χ1) is 10.5. The van der Waals surface area contributed by atoms with Gasteiger partial charge in [0.25, 0.3) is 0 Å². The molecule has 1 aliphatic rings. The molecule has 0 spiro atoms. The molecule has 2 amide bonds. The number of hydrogen-bond acceptors (Lipinski definition) is 3. The van der Waals surface area contributed by atoms with E-state index in [1.165, 1.54) is 0 Å². The first-order valence-electron chi connectivity index (χ1n) is 7.81. The van der Waals surface area contributed by atoms with Gasteiger partial charge in [-0.05, 0) is 30.0 Å². The van der Waals surface area contributed by atoms with Crippen LogP contribution in [0.15, 0.2) is 24.3 Å². The molecule has 22 heavy (non-hydrogen) atoms. The van der Waals surface area contributed by atoms with Crippen molar-refractivity contribution >= 4 is 17.5 Å². The highest BCUT2D eigenvalue weighted by atomic mass is 16.3. The average Bonchev–Trinajstić information content (AvgIpc) is 2.91. The predicted octanol–water partition coefficient (Wildman–Crippen LogP) is 1.49. The standard InChI is InChI=1S/C17H24N2O3/c1-12(2)15(20)11-18-16(21)10-13-5-7-14(8-6-13)19-9-3-4-17(19)22/h5-8,12,15,20H,3-4,9-11H2,1-2H3,(H,18,21). The molecule has 1 atom stereocenters. The van der Waals surface area contributed by atoms with Gasteiger partial charge in [-0.2, -0.15) is 0 Å². The fourth-order valence-electron chi connectivity index (χ4n) is 2.42. The van der Waals surface area contributed by atoms with E-state index < -0.39 is 6.10 Å². The summed E-state index contributed by atoms with van der Waals surface area (Å²) in [5.74, 6) is 0.176. The zero-order valence-electron chi connectivity index (χ0n) is 13.2. The number of aliphatic hydroxyl groups is 1. The number of nitrogens with zero attached hydrogens (tertiary/aromatic N) is 1. The zero-order valence-corrected chi connectivity index (χ0v) is 13.2. The maximum atomic E-state index is 11.8. The lowest BCUT2D eigenvalue weighted by atomic mass is 10.1. The van der Waals surface area contributed by atoms with Gasteiger partial charge in [0, 0.05) is 25.2 Å². The van der Waals surface area contributed by atoms with Crippen molar-refractivity contribution < 1.29 is 14.7 Å². The monoisotopic (exact) mass is 304 g/mol. The van der Waals surface area contributed by atoms with E-state index in [2.05, 4.69) is 5.32 Å². The molecule has 5 heteroatoms. The largest absolute Gasteiger partial charge is 0.391 e. The summed E-state index contributed by atoms with van der Waals surface area (Å²) in [7, 11) is 0. The Bertz CT molecular complexity index is 525. The van der Waals surface area contributed by atoms with Gasteiger partial charge in [0.1, 0.15) is 0 Å². The maximum Gasteiger partial charge on any atom is 0.227 e. The number of carbonyl (C=O) groups is 2. The molecular formula is C17H24N2O3. The summed E-state index contributed by atoms with van der Waals surface area (Å²) in [4.78, 5) is 25.3. The Balaban J connectivity index is 1.86. The summed E-state index contributed by atoms with van der Waals surface area (Å²) in [5, 5.41) is 12.4. The van der Waals surface area contributed by atoms with Crippen LogP contribution in [-0.4, -0.2) is 36.1 Å². The van der Waals surface area contributed by atoms with Crippen molar-refractivity contribution in [1.29, 1.82) is 0 Å². The lowest BCUT2D eigenvalue weighted by Crippen LogP contribution is -2.35. The van der Waals surface area contributed by atoms with Crippen LogP contribution in [0, 0.1) is 5.92 Å². The molecule has 1 aliphatic heterocycles. The minimum atomic E-state index is -0.521.